The second-order valence-electron chi connectivity index (χ2n) is 5.88. The van der Waals surface area contributed by atoms with Crippen LogP contribution in [0.5, 0.6) is 11.5 Å². The van der Waals surface area contributed by atoms with Crippen molar-refractivity contribution in [1.29, 1.82) is 0 Å². The van der Waals surface area contributed by atoms with Crippen LogP contribution in [0.3, 0.4) is 0 Å². The van der Waals surface area contributed by atoms with Crippen molar-refractivity contribution >= 4 is 17.8 Å². The number of nitrogens with two attached hydrogens (primary N) is 1. The van der Waals surface area contributed by atoms with Gasteiger partial charge in [-0.2, -0.15) is 0 Å². The summed E-state index contributed by atoms with van der Waals surface area (Å²) in [5.74, 6) is -0.717. The maximum Gasteiger partial charge on any atom is 0.338 e. The van der Waals surface area contributed by atoms with Crippen LogP contribution in [0, 0.1) is 0 Å². The molecule has 1 atom stereocenters. The van der Waals surface area contributed by atoms with Crippen molar-refractivity contribution in [2.24, 2.45) is 5.73 Å². The summed E-state index contributed by atoms with van der Waals surface area (Å²) in [6, 6.07) is 3.99. The molecule has 1 fully saturated rings. The molecule has 8 heteroatoms. The molecule has 8 nitrogen and oxygen atoms in total. The van der Waals surface area contributed by atoms with Gasteiger partial charge in [-0.15, -0.1) is 0 Å². The van der Waals surface area contributed by atoms with E-state index in [0.717, 1.165) is 12.8 Å². The fraction of sp³-hybridized carbons (Fsp3) is 0.500. The van der Waals surface area contributed by atoms with Gasteiger partial charge < -0.3 is 24.8 Å². The molecule has 0 spiro atoms. The van der Waals surface area contributed by atoms with Gasteiger partial charge in [-0.25, -0.2) is 4.79 Å². The summed E-state index contributed by atoms with van der Waals surface area (Å²) in [5, 5.41) is 0. The molecule has 0 bridgehead atoms. The molecule has 2 N–H and O–H groups in total. The molecule has 1 aliphatic rings. The molecule has 1 aliphatic heterocycles. The molecule has 0 radical (unpaired) electrons. The van der Waals surface area contributed by atoms with Gasteiger partial charge in [0.15, 0.2) is 18.1 Å². The maximum absolute atomic E-state index is 12.3. The molecule has 1 aromatic rings. The van der Waals surface area contributed by atoms with Gasteiger partial charge in [-0.1, -0.05) is 0 Å². The summed E-state index contributed by atoms with van der Waals surface area (Å²) >= 11 is 0. The average molecular weight is 364 g/mol. The highest BCUT2D eigenvalue weighted by Gasteiger charge is 2.31. The molecule has 1 aromatic carbocycles. The molecular formula is C18H24N2O6. The van der Waals surface area contributed by atoms with E-state index in [2.05, 4.69) is 0 Å². The summed E-state index contributed by atoms with van der Waals surface area (Å²) in [5.41, 5.74) is 5.59. The number of rotatable bonds is 7. The number of esters is 1. The van der Waals surface area contributed by atoms with Gasteiger partial charge in [0.2, 0.25) is 5.91 Å². The molecule has 2 rings (SSSR count). The summed E-state index contributed by atoms with van der Waals surface area (Å²) < 4.78 is 15.7. The Labute approximate surface area is 152 Å². The van der Waals surface area contributed by atoms with Crippen LogP contribution in [0.15, 0.2) is 18.2 Å². The molecule has 0 aliphatic carbocycles. The van der Waals surface area contributed by atoms with Crippen LogP contribution < -0.4 is 15.2 Å². The number of likely N-dealkylation sites (tertiary alicyclic amines) is 1. The Balaban J connectivity index is 1.99. The highest BCUT2D eigenvalue weighted by molar-refractivity contribution is 5.93. The Hall–Kier alpha value is -2.77. The monoisotopic (exact) mass is 364 g/mol. The predicted octanol–water partition coefficient (Wildman–Crippen LogP) is 1.12. The number of nitrogens with zero attached hydrogens (tertiary/aromatic N) is 1. The lowest BCUT2D eigenvalue weighted by Crippen LogP contribution is -2.51. The van der Waals surface area contributed by atoms with Crippen molar-refractivity contribution in [2.45, 2.75) is 32.2 Å². The van der Waals surface area contributed by atoms with Crippen molar-refractivity contribution in [1.82, 2.24) is 4.90 Å². The Kier molecular flexibility index (Phi) is 6.82. The lowest BCUT2D eigenvalue weighted by molar-refractivity contribution is -0.143. The second-order valence-corrected chi connectivity index (χ2v) is 5.88. The number of ether oxygens (including phenoxy) is 3. The number of amides is 2. The second kappa shape index (κ2) is 9.07. The summed E-state index contributed by atoms with van der Waals surface area (Å²) in [7, 11) is 1.47. The number of hydrogen-bond donors (Lipinski definition) is 1. The van der Waals surface area contributed by atoms with Crippen molar-refractivity contribution in [3.8, 4) is 11.5 Å². The minimum atomic E-state index is -0.660. The number of methoxy groups -OCH3 is 1. The fourth-order valence-electron chi connectivity index (χ4n) is 2.89. The Morgan fingerprint density at radius 1 is 1.23 bits per heavy atom. The number of benzene rings is 1. The van der Waals surface area contributed by atoms with Crippen LogP contribution in [-0.2, 0) is 14.3 Å². The molecular weight excluding hydrogens is 340 g/mol. The zero-order valence-corrected chi connectivity index (χ0v) is 15.0. The number of carbonyl (C=O) groups excluding carboxylic acids is 3. The molecule has 26 heavy (non-hydrogen) atoms. The summed E-state index contributed by atoms with van der Waals surface area (Å²) in [6.07, 6.45) is 2.16. The van der Waals surface area contributed by atoms with E-state index in [-0.39, 0.29) is 5.56 Å². The van der Waals surface area contributed by atoms with Gasteiger partial charge in [0.1, 0.15) is 6.04 Å². The van der Waals surface area contributed by atoms with Crippen molar-refractivity contribution in [2.75, 3.05) is 26.9 Å². The number of primary amides is 1. The largest absolute Gasteiger partial charge is 0.493 e. The molecule has 2 amide bonds. The third-order valence-electron chi connectivity index (χ3n) is 4.18. The summed E-state index contributed by atoms with van der Waals surface area (Å²) in [6.45, 7) is 2.29. The third-order valence-corrected chi connectivity index (χ3v) is 4.18. The van der Waals surface area contributed by atoms with Crippen LogP contribution in [0.1, 0.15) is 36.5 Å². The number of hydrogen-bond acceptors (Lipinski definition) is 6. The van der Waals surface area contributed by atoms with Crippen molar-refractivity contribution in [3.63, 3.8) is 0 Å². The Morgan fingerprint density at radius 2 is 2.00 bits per heavy atom. The molecule has 0 aromatic heterocycles. The van der Waals surface area contributed by atoms with E-state index in [9.17, 15) is 14.4 Å². The van der Waals surface area contributed by atoms with Gasteiger partial charge in [-0.3, -0.25) is 9.59 Å². The standard InChI is InChI=1S/C18H24N2O6/c1-3-25-14-8-7-12(10-15(14)24-2)18(23)26-11-16(21)20-9-5-4-6-13(20)17(19)22/h7-8,10,13H,3-6,9,11H2,1-2H3,(H2,19,22)/t13-/m0/s1. The lowest BCUT2D eigenvalue weighted by atomic mass is 10.0. The van der Waals surface area contributed by atoms with Crippen LogP contribution in [0.25, 0.3) is 0 Å². The predicted molar refractivity (Wildman–Crippen MR) is 93.0 cm³/mol. The van der Waals surface area contributed by atoms with Crippen LogP contribution in [0.2, 0.25) is 0 Å². The van der Waals surface area contributed by atoms with E-state index < -0.39 is 30.4 Å². The molecule has 142 valence electrons. The fourth-order valence-corrected chi connectivity index (χ4v) is 2.89. The molecule has 0 saturated carbocycles. The summed E-state index contributed by atoms with van der Waals surface area (Å²) in [4.78, 5) is 37.4. The maximum atomic E-state index is 12.3. The van der Waals surface area contributed by atoms with Gasteiger partial charge in [0.05, 0.1) is 19.3 Å². The highest BCUT2D eigenvalue weighted by atomic mass is 16.5. The van der Waals surface area contributed by atoms with Gasteiger partial charge >= 0.3 is 5.97 Å². The first-order chi connectivity index (χ1) is 12.5. The quantitative estimate of drug-likeness (QED) is 0.726. The first-order valence-electron chi connectivity index (χ1n) is 8.54. The van der Waals surface area contributed by atoms with Crippen LogP contribution in [0.4, 0.5) is 0 Å². The van der Waals surface area contributed by atoms with Gasteiger partial charge in [-0.05, 0) is 44.4 Å². The molecule has 1 heterocycles. The van der Waals surface area contributed by atoms with Gasteiger partial charge in [0.25, 0.3) is 5.91 Å². The van der Waals surface area contributed by atoms with Gasteiger partial charge in [0, 0.05) is 6.54 Å². The number of piperidine rings is 1. The van der Waals surface area contributed by atoms with E-state index in [1.54, 1.807) is 6.07 Å². The SMILES string of the molecule is CCOc1ccc(C(=O)OCC(=O)N2CCCC[C@H]2C(N)=O)cc1OC. The van der Waals surface area contributed by atoms with E-state index in [1.165, 1.54) is 24.1 Å². The molecule has 0 unspecified atom stereocenters. The lowest BCUT2D eigenvalue weighted by Gasteiger charge is -2.33. The topological polar surface area (TPSA) is 108 Å². The third kappa shape index (κ3) is 4.65. The minimum absolute atomic E-state index is 0.239. The first kappa shape index (κ1) is 19.6. The molecule has 1 saturated heterocycles. The minimum Gasteiger partial charge on any atom is -0.493 e. The van der Waals surface area contributed by atoms with Crippen molar-refractivity contribution < 1.29 is 28.6 Å². The van der Waals surface area contributed by atoms with E-state index >= 15 is 0 Å². The van der Waals surface area contributed by atoms with Crippen molar-refractivity contribution in [3.05, 3.63) is 23.8 Å². The smallest absolute Gasteiger partial charge is 0.338 e. The van der Waals surface area contributed by atoms with Crippen LogP contribution in [-0.4, -0.2) is 55.6 Å². The number of carbonyl (C=O) groups is 3. The first-order valence-corrected chi connectivity index (χ1v) is 8.54. The van der Waals surface area contributed by atoms with Crippen LogP contribution >= 0.6 is 0 Å². The van der Waals surface area contributed by atoms with E-state index in [0.29, 0.717) is 31.1 Å². The zero-order chi connectivity index (χ0) is 19.1. The Morgan fingerprint density at radius 3 is 2.65 bits per heavy atom. The average Bonchev–Trinajstić information content (AvgIpc) is 2.66. The zero-order valence-electron chi connectivity index (χ0n) is 15.0. The Bertz CT molecular complexity index is 676. The van der Waals surface area contributed by atoms with E-state index in [4.69, 9.17) is 19.9 Å². The highest BCUT2D eigenvalue weighted by Crippen LogP contribution is 2.28. The van der Waals surface area contributed by atoms with E-state index in [1.807, 2.05) is 6.92 Å². The normalized spacial score (nSPS) is 16.7.